The van der Waals surface area contributed by atoms with E-state index < -0.39 is 9.84 Å². The molecule has 2 N–H and O–H groups in total. The Hall–Kier alpha value is -0.830. The zero-order valence-electron chi connectivity index (χ0n) is 16.9. The Bertz CT molecular complexity index is 711. The molecule has 27 heavy (non-hydrogen) atoms. The largest absolute Gasteiger partial charge is 0.356 e. The van der Waals surface area contributed by atoms with Crippen LogP contribution in [-0.4, -0.2) is 40.8 Å². The minimum absolute atomic E-state index is 0. The van der Waals surface area contributed by atoms with E-state index in [2.05, 4.69) is 29.5 Å². The Morgan fingerprint density at radius 3 is 2.26 bits per heavy atom. The van der Waals surface area contributed by atoms with Crippen LogP contribution in [-0.2, 0) is 16.3 Å². The van der Waals surface area contributed by atoms with Gasteiger partial charge in [-0.15, -0.1) is 24.0 Å². The van der Waals surface area contributed by atoms with Crippen molar-refractivity contribution in [3.63, 3.8) is 0 Å². The molecular weight excluding hydrogens is 473 g/mol. The van der Waals surface area contributed by atoms with Gasteiger partial charge in [-0.1, -0.05) is 32.4 Å². The maximum Gasteiger partial charge on any atom is 0.191 e. The van der Waals surface area contributed by atoms with Crippen LogP contribution < -0.4 is 10.6 Å². The summed E-state index contributed by atoms with van der Waals surface area (Å²) in [6.45, 7) is 6.33. The van der Waals surface area contributed by atoms with Crippen LogP contribution in [0.4, 0.5) is 0 Å². The van der Waals surface area contributed by atoms with Crippen LogP contribution in [0, 0.1) is 11.3 Å². The number of hydrogen-bond acceptors (Lipinski definition) is 3. The average molecular weight is 507 g/mol. The van der Waals surface area contributed by atoms with Gasteiger partial charge in [0.25, 0.3) is 0 Å². The quantitative estimate of drug-likeness (QED) is 0.320. The first-order valence-electron chi connectivity index (χ1n) is 9.48. The molecule has 0 amide bonds. The molecule has 154 valence electrons. The molecule has 2 rings (SSSR count). The van der Waals surface area contributed by atoms with Gasteiger partial charge >= 0.3 is 0 Å². The fourth-order valence-electron chi connectivity index (χ4n) is 3.72. The summed E-state index contributed by atoms with van der Waals surface area (Å²) < 4.78 is 23.0. The smallest absolute Gasteiger partial charge is 0.191 e. The average Bonchev–Trinajstić information content (AvgIpc) is 2.54. The maximum absolute atomic E-state index is 11.5. The van der Waals surface area contributed by atoms with Gasteiger partial charge in [-0.05, 0) is 54.7 Å². The topological polar surface area (TPSA) is 70.6 Å². The highest BCUT2D eigenvalue weighted by molar-refractivity contribution is 14.0. The Labute approximate surface area is 181 Å². The summed E-state index contributed by atoms with van der Waals surface area (Å²) in [6.07, 6.45) is 7.27. The molecule has 7 heteroatoms. The summed E-state index contributed by atoms with van der Waals surface area (Å²) in [7, 11) is -1.33. The van der Waals surface area contributed by atoms with Gasteiger partial charge in [-0.3, -0.25) is 4.99 Å². The molecule has 0 unspecified atom stereocenters. The van der Waals surface area contributed by atoms with Gasteiger partial charge in [0.05, 0.1) is 4.90 Å². The third kappa shape index (κ3) is 7.60. The number of sulfone groups is 1. The summed E-state index contributed by atoms with van der Waals surface area (Å²) in [5, 5.41) is 6.85. The molecule has 1 aliphatic carbocycles. The van der Waals surface area contributed by atoms with E-state index in [0.717, 1.165) is 37.0 Å². The molecule has 1 aromatic rings. The fourth-order valence-corrected chi connectivity index (χ4v) is 4.35. The molecule has 1 saturated carbocycles. The Morgan fingerprint density at radius 1 is 1.19 bits per heavy atom. The molecule has 5 nitrogen and oxygen atoms in total. The van der Waals surface area contributed by atoms with E-state index in [9.17, 15) is 8.42 Å². The lowest BCUT2D eigenvalue weighted by molar-refractivity contribution is 0.104. The summed E-state index contributed by atoms with van der Waals surface area (Å²) in [4.78, 5) is 4.68. The first-order chi connectivity index (χ1) is 12.2. The monoisotopic (exact) mass is 507 g/mol. The van der Waals surface area contributed by atoms with Crippen LogP contribution in [0.3, 0.4) is 0 Å². The molecular formula is C20H34IN3O2S. The number of rotatable bonds is 8. The predicted octanol–water partition coefficient (Wildman–Crippen LogP) is 3.63. The number of halogens is 1. The second kappa shape index (κ2) is 10.6. The molecule has 0 atom stereocenters. The van der Waals surface area contributed by atoms with Crippen LogP contribution >= 0.6 is 24.0 Å². The van der Waals surface area contributed by atoms with Gasteiger partial charge in [0.15, 0.2) is 15.8 Å². The molecule has 0 spiro atoms. The van der Waals surface area contributed by atoms with Crippen LogP contribution in [0.5, 0.6) is 0 Å². The molecule has 1 fully saturated rings. The lowest BCUT2D eigenvalue weighted by Gasteiger charge is -2.43. The normalized spacial score (nSPS) is 16.4. The van der Waals surface area contributed by atoms with Crippen molar-refractivity contribution in [2.75, 3.05) is 26.4 Å². The van der Waals surface area contributed by atoms with Crippen LogP contribution in [0.1, 0.15) is 45.1 Å². The minimum Gasteiger partial charge on any atom is -0.356 e. The summed E-state index contributed by atoms with van der Waals surface area (Å²) in [5.41, 5.74) is 1.54. The zero-order chi connectivity index (χ0) is 19.2. The molecule has 0 aromatic heterocycles. The minimum atomic E-state index is -3.13. The molecule has 0 bridgehead atoms. The Kier molecular flexibility index (Phi) is 9.54. The lowest BCUT2D eigenvalue weighted by Crippen LogP contribution is -2.47. The fraction of sp³-hybridized carbons (Fsp3) is 0.650. The molecule has 1 aromatic carbocycles. The molecule has 1 aliphatic rings. The van der Waals surface area contributed by atoms with E-state index in [4.69, 9.17) is 0 Å². The number of nitrogens with zero attached hydrogens (tertiary/aromatic N) is 1. The second-order valence-corrected chi connectivity index (χ2v) is 9.99. The second-order valence-electron chi connectivity index (χ2n) is 7.97. The van der Waals surface area contributed by atoms with E-state index in [1.54, 1.807) is 19.2 Å². The number of aliphatic imine (C=N–C) groups is 1. The van der Waals surface area contributed by atoms with Gasteiger partial charge in [-0.2, -0.15) is 0 Å². The number of nitrogens with one attached hydrogen (secondary N) is 2. The van der Waals surface area contributed by atoms with Crippen molar-refractivity contribution in [3.05, 3.63) is 29.8 Å². The lowest BCUT2D eigenvalue weighted by atomic mass is 9.64. The van der Waals surface area contributed by atoms with Gasteiger partial charge in [0, 0.05) is 26.4 Å². The number of guanidine groups is 1. The van der Waals surface area contributed by atoms with Crippen LogP contribution in [0.15, 0.2) is 34.2 Å². The van der Waals surface area contributed by atoms with Crippen LogP contribution in [0.25, 0.3) is 0 Å². The van der Waals surface area contributed by atoms with Crippen molar-refractivity contribution in [1.29, 1.82) is 0 Å². The van der Waals surface area contributed by atoms with E-state index >= 15 is 0 Å². The van der Waals surface area contributed by atoms with Gasteiger partial charge in [0.2, 0.25) is 0 Å². The van der Waals surface area contributed by atoms with E-state index in [1.807, 2.05) is 12.1 Å². The number of benzene rings is 1. The van der Waals surface area contributed by atoms with Gasteiger partial charge in [-0.25, -0.2) is 8.42 Å². The van der Waals surface area contributed by atoms with Gasteiger partial charge < -0.3 is 10.6 Å². The van der Waals surface area contributed by atoms with Crippen molar-refractivity contribution < 1.29 is 8.42 Å². The third-order valence-corrected chi connectivity index (χ3v) is 6.30. The SMILES string of the molecule is CN=C(NCCc1ccc(S(C)(=O)=O)cc1)NCC1(CC(C)C)CCC1.I. The maximum atomic E-state index is 11.5. The highest BCUT2D eigenvalue weighted by atomic mass is 127. The van der Waals surface area contributed by atoms with Crippen molar-refractivity contribution in [2.24, 2.45) is 16.3 Å². The van der Waals surface area contributed by atoms with Crippen molar-refractivity contribution in [2.45, 2.75) is 50.8 Å². The first kappa shape index (κ1) is 24.2. The predicted molar refractivity (Wildman–Crippen MR) is 124 cm³/mol. The summed E-state index contributed by atoms with van der Waals surface area (Å²) >= 11 is 0. The Morgan fingerprint density at radius 2 is 1.81 bits per heavy atom. The molecule has 0 heterocycles. The summed E-state index contributed by atoms with van der Waals surface area (Å²) in [5.74, 6) is 1.56. The van der Waals surface area contributed by atoms with E-state index in [1.165, 1.54) is 31.9 Å². The first-order valence-corrected chi connectivity index (χ1v) is 11.4. The molecule has 0 saturated heterocycles. The number of hydrogen-bond donors (Lipinski definition) is 2. The van der Waals surface area contributed by atoms with Crippen molar-refractivity contribution in [3.8, 4) is 0 Å². The third-order valence-electron chi connectivity index (χ3n) is 5.17. The standard InChI is InChI=1S/C20H33N3O2S.HI/c1-16(2)14-20(11-5-12-20)15-23-19(21-3)22-13-10-17-6-8-18(9-7-17)26(4,24)25;/h6-9,16H,5,10-15H2,1-4H3,(H2,21,22,23);1H. The van der Waals surface area contributed by atoms with Gasteiger partial charge in [0.1, 0.15) is 0 Å². The van der Waals surface area contributed by atoms with E-state index in [0.29, 0.717) is 10.3 Å². The summed E-state index contributed by atoms with van der Waals surface area (Å²) in [6, 6.07) is 7.09. The zero-order valence-corrected chi connectivity index (χ0v) is 20.1. The van der Waals surface area contributed by atoms with E-state index in [-0.39, 0.29) is 24.0 Å². The molecule has 0 aliphatic heterocycles. The highest BCUT2D eigenvalue weighted by Crippen LogP contribution is 2.45. The van der Waals surface area contributed by atoms with Crippen molar-refractivity contribution in [1.82, 2.24) is 10.6 Å². The highest BCUT2D eigenvalue weighted by Gasteiger charge is 2.37. The molecule has 0 radical (unpaired) electrons. The van der Waals surface area contributed by atoms with Crippen LogP contribution in [0.2, 0.25) is 0 Å². The van der Waals surface area contributed by atoms with Crippen molar-refractivity contribution >= 4 is 39.8 Å². The Balaban J connectivity index is 0.00000364.